The molecule has 0 bridgehead atoms. The lowest BCUT2D eigenvalue weighted by molar-refractivity contribution is -0.135. The number of benzene rings is 2. The van der Waals surface area contributed by atoms with E-state index in [4.69, 9.17) is 5.14 Å². The standard InChI is InChI=1S/C17H16BrN3O4S/c18-17(12-8-4-5-9-13(12)26(19,24)25)14(10-15(22)23)20-21-16(17)11-6-2-1-3-7-11/h1-9,16,21H,10H2,(H,22,23)(H2,19,24,25). The van der Waals surface area contributed by atoms with E-state index in [0.717, 1.165) is 5.56 Å². The number of carbonyl (C=O) groups is 1. The van der Waals surface area contributed by atoms with Crippen molar-refractivity contribution in [3.8, 4) is 0 Å². The quantitative estimate of drug-likeness (QED) is 0.618. The molecule has 0 spiro atoms. The molecule has 2 atom stereocenters. The Morgan fingerprint density at radius 2 is 1.81 bits per heavy atom. The highest BCUT2D eigenvalue weighted by molar-refractivity contribution is 9.10. The topological polar surface area (TPSA) is 122 Å². The fourth-order valence-electron chi connectivity index (χ4n) is 3.07. The number of carboxylic acids is 1. The molecule has 26 heavy (non-hydrogen) atoms. The van der Waals surface area contributed by atoms with Crippen molar-refractivity contribution >= 4 is 37.6 Å². The average molecular weight is 438 g/mol. The molecule has 7 nitrogen and oxygen atoms in total. The van der Waals surface area contributed by atoms with Gasteiger partial charge in [-0.25, -0.2) is 13.6 Å². The van der Waals surface area contributed by atoms with Gasteiger partial charge in [-0.3, -0.25) is 4.79 Å². The molecule has 2 unspecified atom stereocenters. The Kier molecular flexibility index (Phi) is 4.87. The summed E-state index contributed by atoms with van der Waals surface area (Å²) in [4.78, 5) is 11.2. The normalized spacial score (nSPS) is 22.5. The lowest BCUT2D eigenvalue weighted by atomic mass is 9.83. The molecule has 2 aromatic carbocycles. The predicted molar refractivity (Wildman–Crippen MR) is 100 cm³/mol. The summed E-state index contributed by atoms with van der Waals surface area (Å²) < 4.78 is 23.0. The van der Waals surface area contributed by atoms with Gasteiger partial charge in [-0.2, -0.15) is 5.10 Å². The van der Waals surface area contributed by atoms with Crippen LogP contribution < -0.4 is 10.6 Å². The van der Waals surface area contributed by atoms with Gasteiger partial charge in [0.05, 0.1) is 23.1 Å². The van der Waals surface area contributed by atoms with Gasteiger partial charge in [0.15, 0.2) is 0 Å². The van der Waals surface area contributed by atoms with Gasteiger partial charge in [0.25, 0.3) is 0 Å². The Morgan fingerprint density at radius 3 is 2.42 bits per heavy atom. The Balaban J connectivity index is 2.23. The third kappa shape index (κ3) is 3.25. The van der Waals surface area contributed by atoms with Gasteiger partial charge in [0.1, 0.15) is 4.32 Å². The smallest absolute Gasteiger partial charge is 0.309 e. The molecule has 9 heteroatoms. The fraction of sp³-hybridized carbons (Fsp3) is 0.176. The molecule has 0 saturated carbocycles. The number of primary sulfonamides is 1. The number of hydrogen-bond donors (Lipinski definition) is 3. The zero-order valence-electron chi connectivity index (χ0n) is 13.5. The molecule has 0 amide bonds. The summed E-state index contributed by atoms with van der Waals surface area (Å²) in [6.45, 7) is 0. The average Bonchev–Trinajstić information content (AvgIpc) is 2.92. The number of alkyl halides is 1. The van der Waals surface area contributed by atoms with Crippen molar-refractivity contribution in [2.75, 3.05) is 0 Å². The SMILES string of the molecule is NS(=O)(=O)c1ccccc1C1(Br)C(CC(=O)O)=NNC1c1ccccc1. The van der Waals surface area contributed by atoms with Crippen molar-refractivity contribution in [1.82, 2.24) is 5.43 Å². The molecule has 0 aliphatic carbocycles. The molecule has 0 aromatic heterocycles. The third-order valence-corrected chi connectivity index (χ3v) is 6.50. The van der Waals surface area contributed by atoms with Crippen LogP contribution in [0.5, 0.6) is 0 Å². The Hall–Kier alpha value is -2.23. The van der Waals surface area contributed by atoms with Crippen LogP contribution in [0.3, 0.4) is 0 Å². The number of sulfonamides is 1. The van der Waals surface area contributed by atoms with Gasteiger partial charge >= 0.3 is 5.97 Å². The maximum Gasteiger partial charge on any atom is 0.309 e. The molecule has 1 heterocycles. The molecule has 4 N–H and O–H groups in total. The maximum atomic E-state index is 12.1. The second-order valence-corrected chi connectivity index (χ2v) is 8.64. The van der Waals surface area contributed by atoms with Crippen molar-refractivity contribution in [2.24, 2.45) is 10.2 Å². The van der Waals surface area contributed by atoms with Crippen LogP contribution in [0.4, 0.5) is 0 Å². The van der Waals surface area contributed by atoms with Crippen LogP contribution in [0.15, 0.2) is 64.6 Å². The van der Waals surface area contributed by atoms with Crippen LogP contribution in [0, 0.1) is 0 Å². The summed E-state index contributed by atoms with van der Waals surface area (Å²) in [5.41, 5.74) is 4.35. The zero-order chi connectivity index (χ0) is 18.9. The van der Waals surface area contributed by atoms with Crippen LogP contribution >= 0.6 is 15.9 Å². The maximum absolute atomic E-state index is 12.1. The van der Waals surface area contributed by atoms with Gasteiger partial charge in [-0.15, -0.1) is 0 Å². The fourth-order valence-corrected chi connectivity index (χ4v) is 4.94. The summed E-state index contributed by atoms with van der Waals surface area (Å²) in [6.07, 6.45) is -0.361. The lowest BCUT2D eigenvalue weighted by Gasteiger charge is -2.32. The first-order valence-electron chi connectivity index (χ1n) is 7.65. The Morgan fingerprint density at radius 1 is 1.19 bits per heavy atom. The van der Waals surface area contributed by atoms with Crippen LogP contribution in [0.2, 0.25) is 0 Å². The molecule has 0 radical (unpaired) electrons. The minimum Gasteiger partial charge on any atom is -0.481 e. The van der Waals surface area contributed by atoms with Gasteiger partial charge in [-0.05, 0) is 17.2 Å². The van der Waals surface area contributed by atoms with E-state index in [1.807, 2.05) is 30.3 Å². The first-order valence-corrected chi connectivity index (χ1v) is 9.99. The number of hydrazone groups is 1. The van der Waals surface area contributed by atoms with Crippen LogP contribution in [0.1, 0.15) is 23.6 Å². The number of nitrogens with two attached hydrogens (primary N) is 1. The molecular formula is C17H16BrN3O4S. The first kappa shape index (κ1) is 18.6. The second kappa shape index (κ2) is 6.82. The Bertz CT molecular complexity index is 979. The zero-order valence-corrected chi connectivity index (χ0v) is 15.9. The summed E-state index contributed by atoms with van der Waals surface area (Å²) in [5, 5.41) is 18.8. The second-order valence-electron chi connectivity index (χ2n) is 5.85. The number of halogens is 1. The van der Waals surface area contributed by atoms with Gasteiger partial charge in [0, 0.05) is 0 Å². The van der Waals surface area contributed by atoms with E-state index in [2.05, 4.69) is 26.5 Å². The van der Waals surface area contributed by atoms with E-state index in [1.54, 1.807) is 18.2 Å². The predicted octanol–water partition coefficient (Wildman–Crippen LogP) is 2.10. The number of rotatable bonds is 5. The first-order chi connectivity index (χ1) is 12.2. The van der Waals surface area contributed by atoms with Crippen molar-refractivity contribution in [1.29, 1.82) is 0 Å². The third-order valence-electron chi connectivity index (χ3n) is 4.18. The summed E-state index contributed by atoms with van der Waals surface area (Å²) in [6, 6.07) is 15.0. The molecule has 1 aliphatic rings. The molecule has 0 fully saturated rings. The van der Waals surface area contributed by atoms with Gasteiger partial charge in [0.2, 0.25) is 10.0 Å². The monoisotopic (exact) mass is 437 g/mol. The highest BCUT2D eigenvalue weighted by Gasteiger charge is 2.50. The van der Waals surface area contributed by atoms with Crippen molar-refractivity contribution in [3.05, 3.63) is 65.7 Å². The van der Waals surface area contributed by atoms with E-state index in [1.165, 1.54) is 6.07 Å². The molecule has 1 aliphatic heterocycles. The van der Waals surface area contributed by atoms with E-state index < -0.39 is 26.4 Å². The largest absolute Gasteiger partial charge is 0.481 e. The van der Waals surface area contributed by atoms with E-state index in [-0.39, 0.29) is 17.0 Å². The minimum absolute atomic E-state index is 0.0837. The van der Waals surface area contributed by atoms with Crippen LogP contribution in [-0.4, -0.2) is 25.2 Å². The highest BCUT2D eigenvalue weighted by Crippen LogP contribution is 2.49. The number of nitrogens with zero attached hydrogens (tertiary/aromatic N) is 1. The number of hydrogen-bond acceptors (Lipinski definition) is 5. The van der Waals surface area contributed by atoms with E-state index >= 15 is 0 Å². The number of nitrogens with one attached hydrogen (secondary N) is 1. The van der Waals surface area contributed by atoms with E-state index in [0.29, 0.717) is 5.56 Å². The molecule has 2 aromatic rings. The molecular weight excluding hydrogens is 422 g/mol. The Labute approximate surface area is 159 Å². The van der Waals surface area contributed by atoms with Crippen LogP contribution in [-0.2, 0) is 19.1 Å². The summed E-state index contributed by atoms with van der Waals surface area (Å²) >= 11 is 3.62. The lowest BCUT2D eigenvalue weighted by Crippen LogP contribution is -2.37. The summed E-state index contributed by atoms with van der Waals surface area (Å²) in [7, 11) is -4.03. The molecule has 3 rings (SSSR count). The number of carboxylic acid groups (broad SMARTS) is 1. The van der Waals surface area contributed by atoms with Crippen molar-refractivity contribution < 1.29 is 18.3 Å². The van der Waals surface area contributed by atoms with E-state index in [9.17, 15) is 18.3 Å². The van der Waals surface area contributed by atoms with Gasteiger partial charge < -0.3 is 10.5 Å². The highest BCUT2D eigenvalue weighted by atomic mass is 79.9. The van der Waals surface area contributed by atoms with Crippen LogP contribution in [0.25, 0.3) is 0 Å². The number of aliphatic carboxylic acids is 1. The van der Waals surface area contributed by atoms with Crippen molar-refractivity contribution in [3.63, 3.8) is 0 Å². The van der Waals surface area contributed by atoms with Crippen molar-refractivity contribution in [2.45, 2.75) is 21.7 Å². The minimum atomic E-state index is -4.03. The molecule has 136 valence electrons. The van der Waals surface area contributed by atoms with Gasteiger partial charge in [-0.1, -0.05) is 64.5 Å². The molecule has 0 saturated heterocycles. The summed E-state index contributed by atoms with van der Waals surface area (Å²) in [5.74, 6) is -1.07.